The third-order valence-corrected chi connectivity index (χ3v) is 12.7. The second kappa shape index (κ2) is 15.5. The number of nitrogens with one attached hydrogen (secondary N) is 3. The number of Topliss-reactive ketones (excluding diaryl/α,β-unsaturated/α-hetero) is 1. The summed E-state index contributed by atoms with van der Waals surface area (Å²) >= 11 is 10.5. The average molecular weight is 864 g/mol. The van der Waals surface area contributed by atoms with Crippen molar-refractivity contribution in [2.45, 2.75) is 83.5 Å². The molecule has 3 fully saturated rings. The van der Waals surface area contributed by atoms with Gasteiger partial charge in [-0.15, -0.1) is 0 Å². The third-order valence-electron chi connectivity index (χ3n) is 9.54. The number of nitrogens with zero attached hydrogens (tertiary/aromatic N) is 6. The molecular formula is C30H37F2N9O11P2S2. The molecule has 20 nitrogen and oxygen atoms in total. The van der Waals surface area contributed by atoms with E-state index in [1.165, 1.54) is 10.9 Å². The highest BCUT2D eigenvalue weighted by molar-refractivity contribution is 8.07. The highest BCUT2D eigenvalue weighted by atomic mass is 32.5. The first-order valence-electron chi connectivity index (χ1n) is 17.3. The van der Waals surface area contributed by atoms with Gasteiger partial charge in [-0.25, -0.2) is 23.7 Å². The number of aromatic amines is 1. The number of H-pyrrole nitrogens is 1. The van der Waals surface area contributed by atoms with Crippen molar-refractivity contribution in [1.82, 2.24) is 34.4 Å². The predicted octanol–water partition coefficient (Wildman–Crippen LogP) is 2.38. The zero-order valence-electron chi connectivity index (χ0n) is 30.0. The van der Waals surface area contributed by atoms with E-state index in [0.29, 0.717) is 0 Å². The SMILES string of the molecule is CC(C)C(=O)NC1=Nc2c(ncn2[C@@H]2C[C@@H]3COP(O)(=S)O[C@H]4[C@@H](F)[C@H](n5cnc6c(=O)[nH]c(NC(=O)C(C)C)nc65)O[C@@H]4COP(O)(=S)O[C@H]3[C@H]2F)C(=O)C1. The molecule has 3 aliphatic heterocycles. The number of amides is 2. The maximum atomic E-state index is 16.5. The number of ketones is 1. The minimum absolute atomic E-state index is 0.00277. The van der Waals surface area contributed by atoms with Gasteiger partial charge in [0.1, 0.15) is 30.3 Å². The summed E-state index contributed by atoms with van der Waals surface area (Å²) in [6, 6.07) is -1.12. The molecular weight excluding hydrogens is 826 g/mol. The Morgan fingerprint density at radius 3 is 2.29 bits per heavy atom. The number of halogens is 2. The van der Waals surface area contributed by atoms with Crippen molar-refractivity contribution in [1.29, 1.82) is 0 Å². The van der Waals surface area contributed by atoms with E-state index in [1.807, 2.05) is 0 Å². The molecule has 1 aliphatic carbocycles. The van der Waals surface area contributed by atoms with Gasteiger partial charge in [-0.1, -0.05) is 27.7 Å². The molecule has 5 N–H and O–H groups in total. The van der Waals surface area contributed by atoms with Crippen LogP contribution in [0.2, 0.25) is 0 Å². The number of aliphatic imine (C=N–C) groups is 1. The molecule has 26 heteroatoms. The molecule has 0 spiro atoms. The highest BCUT2D eigenvalue weighted by Crippen LogP contribution is 2.56. The molecule has 0 radical (unpaired) electrons. The van der Waals surface area contributed by atoms with Gasteiger partial charge in [0.2, 0.25) is 17.8 Å². The van der Waals surface area contributed by atoms with Gasteiger partial charge in [0.05, 0.1) is 38.3 Å². The Balaban J connectivity index is 1.13. The molecule has 2 unspecified atom stereocenters. The van der Waals surface area contributed by atoms with Crippen molar-refractivity contribution in [2.24, 2.45) is 22.7 Å². The number of fused-ring (bicyclic) bond motifs is 4. The number of hydrogen-bond donors (Lipinski definition) is 5. The molecule has 56 heavy (non-hydrogen) atoms. The first-order valence-corrected chi connectivity index (χ1v) is 22.5. The fraction of sp³-hybridized carbons (Fsp3) is 0.600. The molecule has 4 aliphatic rings. The van der Waals surface area contributed by atoms with Gasteiger partial charge < -0.3 is 38.0 Å². The molecule has 7 rings (SSSR count). The van der Waals surface area contributed by atoms with Crippen LogP contribution < -0.4 is 16.2 Å². The summed E-state index contributed by atoms with van der Waals surface area (Å²) in [4.78, 5) is 91.8. The largest absolute Gasteiger partial charge is 0.346 e. The summed E-state index contributed by atoms with van der Waals surface area (Å²) in [5.41, 5.74) is -1.15. The van der Waals surface area contributed by atoms with Crippen molar-refractivity contribution in [3.63, 3.8) is 0 Å². The standard InChI is InChI=1S/C30H37F2N9O11P2S2/c1-11(2)26(43)36-17-6-15(42)20-24(35-17)40(9-33-20)14-5-13-7-48-53(46,55)52-23-16(8-49-54(47,56)51-22(13)18(14)31)50-29(19(23)32)41-10-34-21-25(41)37-30(39-28(21)45)38-27(44)12(3)4/h9-14,16,18-19,22-23,29H,5-8H2,1-4H3,(H,46,55)(H,47,56)(H,35,36,43)(H2,37,38,39,44,45)/t13-,14-,16-,18+,19-,22-,23-,29-,53?,54?/m1/s1. The Kier molecular flexibility index (Phi) is 11.3. The lowest BCUT2D eigenvalue weighted by Crippen LogP contribution is -2.36. The number of anilines is 1. The predicted molar refractivity (Wildman–Crippen MR) is 198 cm³/mol. The lowest BCUT2D eigenvalue weighted by atomic mass is 10.1. The van der Waals surface area contributed by atoms with Crippen molar-refractivity contribution < 1.29 is 55.8 Å². The Morgan fingerprint density at radius 1 is 0.946 bits per heavy atom. The van der Waals surface area contributed by atoms with Gasteiger partial charge in [0.15, 0.2) is 40.9 Å². The smallest absolute Gasteiger partial charge is 0.325 e. The van der Waals surface area contributed by atoms with Crippen molar-refractivity contribution >= 4 is 83.4 Å². The van der Waals surface area contributed by atoms with E-state index in [4.69, 9.17) is 46.4 Å². The monoisotopic (exact) mass is 863 g/mol. The van der Waals surface area contributed by atoms with Gasteiger partial charge in [0.25, 0.3) is 5.56 Å². The third kappa shape index (κ3) is 8.06. The van der Waals surface area contributed by atoms with Crippen LogP contribution in [0.25, 0.3) is 11.2 Å². The number of hydrogen-bond acceptors (Lipinski definition) is 15. The maximum Gasteiger partial charge on any atom is 0.325 e. The molecule has 0 bridgehead atoms. The quantitative estimate of drug-likeness (QED) is 0.231. The van der Waals surface area contributed by atoms with Gasteiger partial charge in [0, 0.05) is 17.8 Å². The molecule has 2 amide bonds. The van der Waals surface area contributed by atoms with Crippen LogP contribution in [0.5, 0.6) is 0 Å². The van der Waals surface area contributed by atoms with E-state index in [2.05, 4.69) is 35.6 Å². The second-order valence-corrected chi connectivity index (χ2v) is 19.8. The van der Waals surface area contributed by atoms with Crippen LogP contribution in [0.15, 0.2) is 22.4 Å². The van der Waals surface area contributed by atoms with Crippen LogP contribution in [-0.4, -0.2) is 106 Å². The topological polar surface area (TPSA) is 256 Å². The van der Waals surface area contributed by atoms with Gasteiger partial charge in [-0.05, 0) is 30.0 Å². The zero-order chi connectivity index (χ0) is 40.4. The lowest BCUT2D eigenvalue weighted by Gasteiger charge is -2.30. The molecule has 3 aromatic rings. The van der Waals surface area contributed by atoms with E-state index < -0.39 is 105 Å². The van der Waals surface area contributed by atoms with E-state index in [9.17, 15) is 29.0 Å². The van der Waals surface area contributed by atoms with Crippen LogP contribution in [-0.2, 0) is 56.0 Å². The Morgan fingerprint density at radius 2 is 1.59 bits per heavy atom. The molecule has 304 valence electrons. The van der Waals surface area contributed by atoms with Crippen LogP contribution in [0, 0.1) is 17.8 Å². The number of rotatable bonds is 5. The molecule has 6 heterocycles. The number of ether oxygens (including phenoxy) is 1. The summed E-state index contributed by atoms with van der Waals surface area (Å²) in [6.45, 7) is -3.31. The number of alkyl halides is 2. The molecule has 10 atom stereocenters. The number of carbonyl (C=O) groups is 3. The normalized spacial score (nSPS) is 33.7. The van der Waals surface area contributed by atoms with Crippen molar-refractivity contribution in [2.75, 3.05) is 18.5 Å². The summed E-state index contributed by atoms with van der Waals surface area (Å²) in [7, 11) is 0. The van der Waals surface area contributed by atoms with Crippen LogP contribution in [0.4, 0.5) is 20.5 Å². The van der Waals surface area contributed by atoms with Crippen LogP contribution >= 0.6 is 13.4 Å². The Hall–Kier alpha value is -3.28. The van der Waals surface area contributed by atoms with Gasteiger partial charge >= 0.3 is 13.4 Å². The first-order chi connectivity index (χ1) is 26.3. The molecule has 0 aromatic carbocycles. The van der Waals surface area contributed by atoms with E-state index in [0.717, 1.165) is 10.9 Å². The maximum absolute atomic E-state index is 16.5. The van der Waals surface area contributed by atoms with E-state index >= 15 is 8.78 Å². The average Bonchev–Trinajstić information content (AvgIpc) is 3.87. The number of aromatic nitrogens is 6. The van der Waals surface area contributed by atoms with Crippen LogP contribution in [0.1, 0.15) is 63.3 Å². The first kappa shape index (κ1) is 40.9. The summed E-state index contributed by atoms with van der Waals surface area (Å²) in [5.74, 6) is -3.27. The summed E-state index contributed by atoms with van der Waals surface area (Å²) in [6.07, 6.45) is -8.40. The van der Waals surface area contributed by atoms with Gasteiger partial charge in [-0.2, -0.15) is 4.98 Å². The second-order valence-electron chi connectivity index (χ2n) is 14.2. The molecule has 3 aromatic heterocycles. The number of amidine groups is 1. The fourth-order valence-electron chi connectivity index (χ4n) is 6.63. The summed E-state index contributed by atoms with van der Waals surface area (Å²) in [5, 5.41) is 5.07. The Bertz CT molecular complexity index is 2270. The van der Waals surface area contributed by atoms with Crippen molar-refractivity contribution in [3.8, 4) is 0 Å². The number of imidazole rings is 2. The fourth-order valence-corrected chi connectivity index (χ4v) is 9.58. The minimum atomic E-state index is -4.34. The molecule has 2 saturated heterocycles. The van der Waals surface area contributed by atoms with E-state index in [1.54, 1.807) is 27.7 Å². The van der Waals surface area contributed by atoms with Crippen LogP contribution in [0.3, 0.4) is 0 Å². The van der Waals surface area contributed by atoms with Gasteiger partial charge in [-0.3, -0.25) is 38.6 Å². The summed E-state index contributed by atoms with van der Waals surface area (Å²) < 4.78 is 63.8. The molecule has 1 saturated carbocycles. The lowest BCUT2D eigenvalue weighted by molar-refractivity contribution is -0.122. The zero-order valence-corrected chi connectivity index (χ0v) is 33.4. The van der Waals surface area contributed by atoms with E-state index in [-0.39, 0.29) is 53.2 Å². The minimum Gasteiger partial charge on any atom is -0.346 e. The highest BCUT2D eigenvalue weighted by Gasteiger charge is 2.53. The Labute approximate surface area is 326 Å². The number of carbonyl (C=O) groups excluding carboxylic acids is 3. The van der Waals surface area contributed by atoms with Crippen molar-refractivity contribution in [3.05, 3.63) is 28.7 Å².